The molecule has 0 aromatic heterocycles. The molecule has 0 bridgehead atoms. The molecule has 0 N–H and O–H groups in total. The summed E-state index contributed by atoms with van der Waals surface area (Å²) in [7, 11) is -0.867. The molecule has 168 valence electrons. The molecule has 7 nitrogen and oxygen atoms in total. The molecule has 2 aromatic carbocycles. The normalized spacial score (nSPS) is 15.6. The number of nitrogens with zero attached hydrogens (tertiary/aromatic N) is 2. The standard InChI is InChI=1S/C23H30N2O5S/c1-23(2,3)18-8-6-17(7-9-18)22(26)24-12-14-25(15-13-24)31(27,28)21-16-19(29-4)10-11-20(21)30-5/h6-11,16H,12-15H2,1-5H3. The molecule has 0 atom stereocenters. The van der Waals surface area contributed by atoms with Gasteiger partial charge in [0.15, 0.2) is 0 Å². The number of methoxy groups -OCH3 is 2. The van der Waals surface area contributed by atoms with Gasteiger partial charge in [0.1, 0.15) is 16.4 Å². The minimum atomic E-state index is -3.78. The number of benzene rings is 2. The van der Waals surface area contributed by atoms with E-state index in [1.807, 2.05) is 24.3 Å². The maximum Gasteiger partial charge on any atom is 0.253 e. The van der Waals surface area contributed by atoms with Crippen LogP contribution in [-0.2, 0) is 15.4 Å². The zero-order valence-corrected chi connectivity index (χ0v) is 19.5. The van der Waals surface area contributed by atoms with Crippen LogP contribution in [0, 0.1) is 0 Å². The van der Waals surface area contributed by atoms with Crippen molar-refractivity contribution in [2.75, 3.05) is 40.4 Å². The van der Waals surface area contributed by atoms with Crippen molar-refractivity contribution in [1.29, 1.82) is 0 Å². The monoisotopic (exact) mass is 446 g/mol. The van der Waals surface area contributed by atoms with Crippen molar-refractivity contribution in [2.24, 2.45) is 0 Å². The number of amides is 1. The Morgan fingerprint density at radius 2 is 1.52 bits per heavy atom. The van der Waals surface area contributed by atoms with Crippen molar-refractivity contribution < 1.29 is 22.7 Å². The first kappa shape index (κ1) is 23.1. The van der Waals surface area contributed by atoms with Gasteiger partial charge < -0.3 is 14.4 Å². The van der Waals surface area contributed by atoms with Gasteiger partial charge in [-0.3, -0.25) is 4.79 Å². The lowest BCUT2D eigenvalue weighted by atomic mass is 9.86. The number of piperazine rings is 1. The first-order valence-corrected chi connectivity index (χ1v) is 11.6. The lowest BCUT2D eigenvalue weighted by molar-refractivity contribution is 0.0697. The summed E-state index contributed by atoms with van der Waals surface area (Å²) in [6.45, 7) is 7.46. The number of ether oxygens (including phenoxy) is 2. The van der Waals surface area contributed by atoms with Crippen LogP contribution in [0.5, 0.6) is 11.5 Å². The third-order valence-electron chi connectivity index (χ3n) is 5.51. The highest BCUT2D eigenvalue weighted by molar-refractivity contribution is 7.89. The smallest absolute Gasteiger partial charge is 0.253 e. The Morgan fingerprint density at radius 3 is 2.03 bits per heavy atom. The summed E-state index contributed by atoms with van der Waals surface area (Å²) in [5.74, 6) is 0.613. The van der Waals surface area contributed by atoms with E-state index in [0.717, 1.165) is 5.56 Å². The van der Waals surface area contributed by atoms with Crippen LogP contribution in [0.1, 0.15) is 36.7 Å². The van der Waals surface area contributed by atoms with Crippen molar-refractivity contribution in [3.8, 4) is 11.5 Å². The number of carbonyl (C=O) groups excluding carboxylic acids is 1. The van der Waals surface area contributed by atoms with Crippen LogP contribution in [0.25, 0.3) is 0 Å². The quantitative estimate of drug-likeness (QED) is 0.705. The number of sulfonamides is 1. The molecule has 0 aliphatic carbocycles. The van der Waals surface area contributed by atoms with Crippen LogP contribution >= 0.6 is 0 Å². The Hall–Kier alpha value is -2.58. The van der Waals surface area contributed by atoms with E-state index >= 15 is 0 Å². The molecule has 1 heterocycles. The minimum absolute atomic E-state index is 0.0166. The molecular formula is C23H30N2O5S. The van der Waals surface area contributed by atoms with Crippen LogP contribution in [0.2, 0.25) is 0 Å². The van der Waals surface area contributed by atoms with Gasteiger partial charge in [0.2, 0.25) is 10.0 Å². The van der Waals surface area contributed by atoms with E-state index in [2.05, 4.69) is 20.8 Å². The van der Waals surface area contributed by atoms with Crippen molar-refractivity contribution in [1.82, 2.24) is 9.21 Å². The van der Waals surface area contributed by atoms with Crippen LogP contribution < -0.4 is 9.47 Å². The largest absolute Gasteiger partial charge is 0.497 e. The molecule has 31 heavy (non-hydrogen) atoms. The van der Waals surface area contributed by atoms with Crippen molar-refractivity contribution >= 4 is 15.9 Å². The summed E-state index contributed by atoms with van der Waals surface area (Å²) in [6.07, 6.45) is 0. The molecule has 0 spiro atoms. The SMILES string of the molecule is COc1ccc(OC)c(S(=O)(=O)N2CCN(C(=O)c3ccc(C(C)(C)C)cc3)CC2)c1. The molecule has 1 amide bonds. The molecule has 1 saturated heterocycles. The zero-order valence-electron chi connectivity index (χ0n) is 18.7. The van der Waals surface area contributed by atoms with Crippen LogP contribution in [0.3, 0.4) is 0 Å². The van der Waals surface area contributed by atoms with E-state index < -0.39 is 10.0 Å². The molecule has 2 aromatic rings. The molecule has 0 saturated carbocycles. The Morgan fingerprint density at radius 1 is 0.903 bits per heavy atom. The summed E-state index contributed by atoms with van der Waals surface area (Å²) >= 11 is 0. The van der Waals surface area contributed by atoms with E-state index in [0.29, 0.717) is 24.4 Å². The Balaban J connectivity index is 1.72. The summed E-state index contributed by atoms with van der Waals surface area (Å²) < 4.78 is 38.2. The third-order valence-corrected chi connectivity index (χ3v) is 7.43. The second kappa shape index (κ2) is 8.88. The molecule has 1 fully saturated rings. The van der Waals surface area contributed by atoms with Gasteiger partial charge in [-0.1, -0.05) is 32.9 Å². The molecular weight excluding hydrogens is 416 g/mol. The van der Waals surface area contributed by atoms with Gasteiger partial charge in [-0.05, 0) is 35.2 Å². The molecule has 0 unspecified atom stereocenters. The van der Waals surface area contributed by atoms with E-state index in [9.17, 15) is 13.2 Å². The minimum Gasteiger partial charge on any atom is -0.497 e. The van der Waals surface area contributed by atoms with Gasteiger partial charge >= 0.3 is 0 Å². The maximum atomic E-state index is 13.2. The van der Waals surface area contributed by atoms with Gasteiger partial charge in [-0.2, -0.15) is 4.31 Å². The number of hydrogen-bond donors (Lipinski definition) is 0. The van der Waals surface area contributed by atoms with Gasteiger partial charge in [-0.25, -0.2) is 8.42 Å². The van der Waals surface area contributed by atoms with E-state index in [1.54, 1.807) is 17.0 Å². The highest BCUT2D eigenvalue weighted by Gasteiger charge is 2.32. The predicted octanol–water partition coefficient (Wildman–Crippen LogP) is 3.15. The third kappa shape index (κ3) is 4.85. The maximum absolute atomic E-state index is 13.2. The average Bonchev–Trinajstić information content (AvgIpc) is 2.77. The first-order chi connectivity index (χ1) is 14.6. The number of carbonyl (C=O) groups is 1. The van der Waals surface area contributed by atoms with Gasteiger partial charge in [0, 0.05) is 37.8 Å². The summed E-state index contributed by atoms with van der Waals surface area (Å²) in [5, 5.41) is 0. The Labute approximate surface area is 184 Å². The Bertz CT molecular complexity index is 1030. The zero-order chi connectivity index (χ0) is 22.8. The molecule has 3 rings (SSSR count). The number of rotatable bonds is 5. The summed E-state index contributed by atoms with van der Waals surface area (Å²) in [4.78, 5) is 14.6. The lowest BCUT2D eigenvalue weighted by Crippen LogP contribution is -2.50. The van der Waals surface area contributed by atoms with E-state index in [1.165, 1.54) is 24.6 Å². The fourth-order valence-corrected chi connectivity index (χ4v) is 5.14. The van der Waals surface area contributed by atoms with Gasteiger partial charge in [0.25, 0.3) is 5.91 Å². The second-order valence-corrected chi connectivity index (χ2v) is 10.4. The summed E-state index contributed by atoms with van der Waals surface area (Å²) in [6, 6.07) is 12.3. The Kier molecular flexibility index (Phi) is 6.62. The molecule has 1 aliphatic heterocycles. The van der Waals surface area contributed by atoms with Crippen LogP contribution in [0.4, 0.5) is 0 Å². The van der Waals surface area contributed by atoms with E-state index in [-0.39, 0.29) is 35.1 Å². The van der Waals surface area contributed by atoms with Crippen molar-refractivity contribution in [2.45, 2.75) is 31.1 Å². The average molecular weight is 447 g/mol. The van der Waals surface area contributed by atoms with Crippen molar-refractivity contribution in [3.63, 3.8) is 0 Å². The predicted molar refractivity (Wildman–Crippen MR) is 119 cm³/mol. The molecule has 1 aliphatic rings. The van der Waals surface area contributed by atoms with E-state index in [4.69, 9.17) is 9.47 Å². The highest BCUT2D eigenvalue weighted by atomic mass is 32.2. The number of hydrogen-bond acceptors (Lipinski definition) is 5. The topological polar surface area (TPSA) is 76.2 Å². The fraction of sp³-hybridized carbons (Fsp3) is 0.435. The van der Waals surface area contributed by atoms with Crippen LogP contribution in [0.15, 0.2) is 47.4 Å². The lowest BCUT2D eigenvalue weighted by Gasteiger charge is -2.34. The second-order valence-electron chi connectivity index (χ2n) is 8.54. The highest BCUT2D eigenvalue weighted by Crippen LogP contribution is 2.31. The summed E-state index contributed by atoms with van der Waals surface area (Å²) in [5.41, 5.74) is 1.79. The van der Waals surface area contributed by atoms with Crippen molar-refractivity contribution in [3.05, 3.63) is 53.6 Å². The van der Waals surface area contributed by atoms with Gasteiger partial charge in [0.05, 0.1) is 14.2 Å². The van der Waals surface area contributed by atoms with Gasteiger partial charge in [-0.15, -0.1) is 0 Å². The first-order valence-electron chi connectivity index (χ1n) is 10.2. The van der Waals surface area contributed by atoms with Crippen LogP contribution in [-0.4, -0.2) is 63.9 Å². The fourth-order valence-electron chi connectivity index (χ4n) is 3.55. The molecule has 8 heteroatoms. The molecule has 0 radical (unpaired) electrons.